The van der Waals surface area contributed by atoms with E-state index in [1.807, 2.05) is 19.1 Å². The highest BCUT2D eigenvalue weighted by atomic mass is 79.9. The van der Waals surface area contributed by atoms with Gasteiger partial charge in [0.15, 0.2) is 0 Å². The molecule has 1 rings (SSSR count). The van der Waals surface area contributed by atoms with Crippen molar-refractivity contribution in [2.75, 3.05) is 6.61 Å². The molecule has 66 valence electrons. The number of halogens is 3. The second-order valence-corrected chi connectivity index (χ2v) is 4.61. The van der Waals surface area contributed by atoms with E-state index in [0.29, 0.717) is 6.61 Å². The van der Waals surface area contributed by atoms with E-state index in [-0.39, 0.29) is 0 Å². The molecule has 12 heavy (non-hydrogen) atoms. The van der Waals surface area contributed by atoms with Crippen LogP contribution in [0.3, 0.4) is 0 Å². The molecular weight excluding hydrogens is 352 g/mol. The Morgan fingerprint density at radius 3 is 2.33 bits per heavy atom. The third kappa shape index (κ3) is 2.24. The molecule has 4 heteroatoms. The van der Waals surface area contributed by atoms with E-state index in [0.717, 1.165) is 19.2 Å². The van der Waals surface area contributed by atoms with E-state index in [1.165, 1.54) is 0 Å². The van der Waals surface area contributed by atoms with Gasteiger partial charge in [0.05, 0.1) is 15.6 Å². The molecule has 0 N–H and O–H groups in total. The molecule has 0 amide bonds. The van der Waals surface area contributed by atoms with Gasteiger partial charge < -0.3 is 4.74 Å². The maximum Gasteiger partial charge on any atom is 0.148 e. The van der Waals surface area contributed by atoms with Gasteiger partial charge in [-0.15, -0.1) is 0 Å². The average Bonchev–Trinajstić information content (AvgIpc) is 2.06. The molecule has 0 bridgehead atoms. The van der Waals surface area contributed by atoms with E-state index < -0.39 is 0 Å². The van der Waals surface area contributed by atoms with Crippen molar-refractivity contribution in [3.05, 3.63) is 25.6 Å². The molecule has 0 unspecified atom stereocenters. The molecule has 1 aromatic rings. The number of benzene rings is 1. The van der Waals surface area contributed by atoms with Crippen molar-refractivity contribution in [3.63, 3.8) is 0 Å². The van der Waals surface area contributed by atoms with Gasteiger partial charge in [-0.25, -0.2) is 0 Å². The van der Waals surface area contributed by atoms with Crippen LogP contribution >= 0.6 is 47.8 Å². The van der Waals surface area contributed by atoms with Gasteiger partial charge in [-0.05, 0) is 66.8 Å². The van der Waals surface area contributed by atoms with Crippen molar-refractivity contribution >= 4 is 47.8 Å². The predicted molar refractivity (Wildman–Crippen MR) is 60.7 cm³/mol. The molecule has 0 aliphatic heterocycles. The Kier molecular flexibility index (Phi) is 4.06. The topological polar surface area (TPSA) is 9.23 Å². The van der Waals surface area contributed by atoms with Gasteiger partial charge >= 0.3 is 0 Å². The Balaban J connectivity index is 3.14. The molecule has 0 aromatic heterocycles. The lowest BCUT2D eigenvalue weighted by atomic mass is 10.3. The highest BCUT2D eigenvalue weighted by molar-refractivity contribution is 9.13. The first-order valence-corrected chi connectivity index (χ1v) is 5.81. The SMILES string of the molecule is CCOc1c(Br)ccc(Br)c1Br. The normalized spacial score (nSPS) is 10.0. The second kappa shape index (κ2) is 4.63. The van der Waals surface area contributed by atoms with Gasteiger partial charge in [0.25, 0.3) is 0 Å². The zero-order chi connectivity index (χ0) is 9.14. The van der Waals surface area contributed by atoms with Crippen LogP contribution in [-0.4, -0.2) is 6.61 Å². The van der Waals surface area contributed by atoms with E-state index in [4.69, 9.17) is 4.74 Å². The third-order valence-corrected chi connectivity index (χ3v) is 3.90. The highest BCUT2D eigenvalue weighted by Crippen LogP contribution is 2.38. The average molecular weight is 359 g/mol. The first kappa shape index (κ1) is 10.5. The summed E-state index contributed by atoms with van der Waals surface area (Å²) < 4.78 is 8.32. The van der Waals surface area contributed by atoms with Crippen LogP contribution in [0, 0.1) is 0 Å². The fraction of sp³-hybridized carbons (Fsp3) is 0.250. The van der Waals surface area contributed by atoms with Crippen LogP contribution in [0.5, 0.6) is 5.75 Å². The summed E-state index contributed by atoms with van der Waals surface area (Å²) in [5.41, 5.74) is 0. The minimum Gasteiger partial charge on any atom is -0.491 e. The van der Waals surface area contributed by atoms with Gasteiger partial charge in [-0.3, -0.25) is 0 Å². The third-order valence-electron chi connectivity index (χ3n) is 1.29. The van der Waals surface area contributed by atoms with Gasteiger partial charge in [0.1, 0.15) is 5.75 Å². The van der Waals surface area contributed by atoms with Crippen molar-refractivity contribution in [1.82, 2.24) is 0 Å². The van der Waals surface area contributed by atoms with E-state index in [2.05, 4.69) is 47.8 Å². The van der Waals surface area contributed by atoms with Gasteiger partial charge in [-0.2, -0.15) is 0 Å². The van der Waals surface area contributed by atoms with E-state index >= 15 is 0 Å². The van der Waals surface area contributed by atoms with Crippen molar-refractivity contribution in [2.24, 2.45) is 0 Å². The fourth-order valence-corrected chi connectivity index (χ4v) is 2.27. The molecule has 1 aromatic carbocycles. The van der Waals surface area contributed by atoms with Gasteiger partial charge in [-0.1, -0.05) is 0 Å². The van der Waals surface area contributed by atoms with Crippen LogP contribution in [0.2, 0.25) is 0 Å². The molecular formula is C8H7Br3O. The van der Waals surface area contributed by atoms with Crippen LogP contribution in [-0.2, 0) is 0 Å². The highest BCUT2D eigenvalue weighted by Gasteiger charge is 2.08. The molecule has 0 aliphatic carbocycles. The van der Waals surface area contributed by atoms with Crippen LogP contribution in [0.1, 0.15) is 6.92 Å². The van der Waals surface area contributed by atoms with Gasteiger partial charge in [0.2, 0.25) is 0 Å². The molecule has 0 radical (unpaired) electrons. The monoisotopic (exact) mass is 356 g/mol. The number of rotatable bonds is 2. The molecule has 0 saturated carbocycles. The first-order valence-electron chi connectivity index (χ1n) is 3.43. The molecule has 0 aliphatic rings. The first-order chi connectivity index (χ1) is 5.66. The fourth-order valence-electron chi connectivity index (χ4n) is 0.785. The van der Waals surface area contributed by atoms with Crippen molar-refractivity contribution in [3.8, 4) is 5.75 Å². The summed E-state index contributed by atoms with van der Waals surface area (Å²) in [6, 6.07) is 3.90. The van der Waals surface area contributed by atoms with Crippen LogP contribution in [0.4, 0.5) is 0 Å². The Morgan fingerprint density at radius 2 is 1.75 bits per heavy atom. The molecule has 0 spiro atoms. The Labute approximate surface area is 96.9 Å². The predicted octanol–water partition coefficient (Wildman–Crippen LogP) is 4.37. The van der Waals surface area contributed by atoms with Gasteiger partial charge in [0, 0.05) is 4.47 Å². The summed E-state index contributed by atoms with van der Waals surface area (Å²) in [6.45, 7) is 2.62. The van der Waals surface area contributed by atoms with Crippen molar-refractivity contribution in [1.29, 1.82) is 0 Å². The molecule has 0 fully saturated rings. The van der Waals surface area contributed by atoms with E-state index in [1.54, 1.807) is 0 Å². The number of ether oxygens (including phenoxy) is 1. The van der Waals surface area contributed by atoms with Crippen LogP contribution < -0.4 is 4.74 Å². The minimum absolute atomic E-state index is 0.660. The summed E-state index contributed by atoms with van der Waals surface area (Å²) in [6.07, 6.45) is 0. The van der Waals surface area contributed by atoms with Crippen LogP contribution in [0.25, 0.3) is 0 Å². The summed E-state index contributed by atoms with van der Waals surface area (Å²) in [5.74, 6) is 0.840. The lowest BCUT2D eigenvalue weighted by Crippen LogP contribution is -1.93. The maximum atomic E-state index is 5.42. The largest absolute Gasteiger partial charge is 0.491 e. The quantitative estimate of drug-likeness (QED) is 0.713. The summed E-state index contributed by atoms with van der Waals surface area (Å²) in [7, 11) is 0. The van der Waals surface area contributed by atoms with Crippen LogP contribution in [0.15, 0.2) is 25.6 Å². The molecule has 0 saturated heterocycles. The molecule has 0 atom stereocenters. The lowest BCUT2D eigenvalue weighted by Gasteiger charge is -2.08. The standard InChI is InChI=1S/C8H7Br3O/c1-2-12-8-6(10)4-3-5(9)7(8)11/h3-4H,2H2,1H3. The molecule has 1 nitrogen and oxygen atoms in total. The summed E-state index contributed by atoms with van der Waals surface area (Å²) in [5, 5.41) is 0. The number of hydrogen-bond acceptors (Lipinski definition) is 1. The summed E-state index contributed by atoms with van der Waals surface area (Å²) in [4.78, 5) is 0. The zero-order valence-corrected chi connectivity index (χ0v) is 11.2. The smallest absolute Gasteiger partial charge is 0.148 e. The second-order valence-electron chi connectivity index (χ2n) is 2.11. The Bertz CT molecular complexity index is 286. The minimum atomic E-state index is 0.660. The molecule has 0 heterocycles. The zero-order valence-electron chi connectivity index (χ0n) is 6.40. The lowest BCUT2D eigenvalue weighted by molar-refractivity contribution is 0.335. The number of hydrogen-bond donors (Lipinski definition) is 0. The summed E-state index contributed by atoms with van der Waals surface area (Å²) >= 11 is 10.2. The van der Waals surface area contributed by atoms with E-state index in [9.17, 15) is 0 Å². The van der Waals surface area contributed by atoms with Crippen molar-refractivity contribution in [2.45, 2.75) is 6.92 Å². The maximum absolute atomic E-state index is 5.42. The Morgan fingerprint density at radius 1 is 1.17 bits per heavy atom. The van der Waals surface area contributed by atoms with Crippen molar-refractivity contribution < 1.29 is 4.74 Å². The Hall–Kier alpha value is 0.460.